The van der Waals surface area contributed by atoms with Crippen LogP contribution < -0.4 is 10.5 Å². The maximum Gasteiger partial charge on any atom is 0.137 e. The summed E-state index contributed by atoms with van der Waals surface area (Å²) in [5.41, 5.74) is 12.7. The van der Waals surface area contributed by atoms with Gasteiger partial charge in [0.25, 0.3) is 0 Å². The van der Waals surface area contributed by atoms with Crippen molar-refractivity contribution in [3.05, 3.63) is 84.8 Å². The highest BCUT2D eigenvalue weighted by atomic mass is 16.5. The van der Waals surface area contributed by atoms with Gasteiger partial charge in [0.1, 0.15) is 17.1 Å². The number of pyridine rings is 1. The normalized spacial score (nSPS) is 11.1. The molecule has 3 aromatic heterocycles. The Morgan fingerprint density at radius 1 is 0.967 bits per heavy atom. The van der Waals surface area contributed by atoms with Gasteiger partial charge in [0, 0.05) is 40.8 Å². The van der Waals surface area contributed by atoms with Crippen LogP contribution in [0.4, 0.5) is 5.69 Å². The minimum Gasteiger partial charge on any atom is -0.497 e. The van der Waals surface area contributed by atoms with E-state index in [2.05, 4.69) is 28.3 Å². The molecule has 0 amide bonds. The van der Waals surface area contributed by atoms with Gasteiger partial charge >= 0.3 is 0 Å². The first-order chi connectivity index (χ1) is 14.7. The molecule has 0 fully saturated rings. The minimum atomic E-state index is 0.660. The third-order valence-electron chi connectivity index (χ3n) is 5.20. The van der Waals surface area contributed by atoms with E-state index in [0.29, 0.717) is 6.54 Å². The molecule has 0 spiro atoms. The molecule has 0 radical (unpaired) electrons. The molecular formula is C24H21N5O. The lowest BCUT2D eigenvalue weighted by Crippen LogP contribution is -2.00. The summed E-state index contributed by atoms with van der Waals surface area (Å²) in [5.74, 6) is 0.842. The Morgan fingerprint density at radius 3 is 2.53 bits per heavy atom. The number of nitrogens with zero attached hydrogens (tertiary/aromatic N) is 3. The first kappa shape index (κ1) is 18.0. The molecule has 3 N–H and O–H groups in total. The van der Waals surface area contributed by atoms with Crippen LogP contribution in [-0.4, -0.2) is 26.9 Å². The molecule has 0 bridgehead atoms. The van der Waals surface area contributed by atoms with E-state index in [4.69, 9.17) is 15.6 Å². The largest absolute Gasteiger partial charge is 0.497 e. The second kappa shape index (κ2) is 7.40. The highest BCUT2D eigenvalue weighted by Crippen LogP contribution is 2.35. The standard InChI is InChI=1S/C24H21N5O/c1-30-19-8-2-16(3-9-19)14-29-15-22(20-10-12-26-24-21(20)11-13-27-24)23(28-29)17-4-6-18(25)7-5-17/h2-13,15H,14,25H2,1H3,(H,26,27). The van der Waals surface area contributed by atoms with Gasteiger partial charge in [-0.25, -0.2) is 4.98 Å². The molecule has 148 valence electrons. The van der Waals surface area contributed by atoms with E-state index >= 15 is 0 Å². The van der Waals surface area contributed by atoms with Crippen LogP contribution in [0.3, 0.4) is 0 Å². The number of aromatic amines is 1. The van der Waals surface area contributed by atoms with Gasteiger partial charge in [0.05, 0.1) is 13.7 Å². The fourth-order valence-corrected chi connectivity index (χ4v) is 3.67. The molecule has 3 heterocycles. The van der Waals surface area contributed by atoms with E-state index in [1.165, 1.54) is 0 Å². The van der Waals surface area contributed by atoms with Gasteiger partial charge in [-0.15, -0.1) is 0 Å². The zero-order valence-corrected chi connectivity index (χ0v) is 16.5. The molecule has 0 saturated carbocycles. The Morgan fingerprint density at radius 2 is 1.77 bits per heavy atom. The predicted octanol–water partition coefficient (Wildman–Crippen LogP) is 4.73. The summed E-state index contributed by atoms with van der Waals surface area (Å²) in [4.78, 5) is 7.61. The number of H-pyrrole nitrogens is 1. The van der Waals surface area contributed by atoms with E-state index in [9.17, 15) is 0 Å². The summed E-state index contributed by atoms with van der Waals surface area (Å²) >= 11 is 0. The van der Waals surface area contributed by atoms with E-state index in [1.807, 2.05) is 65.6 Å². The van der Waals surface area contributed by atoms with Crippen molar-refractivity contribution < 1.29 is 4.74 Å². The number of nitrogens with one attached hydrogen (secondary N) is 1. The topological polar surface area (TPSA) is 81.8 Å². The molecular weight excluding hydrogens is 374 g/mol. The molecule has 30 heavy (non-hydrogen) atoms. The number of hydrogen-bond donors (Lipinski definition) is 2. The monoisotopic (exact) mass is 395 g/mol. The molecule has 0 atom stereocenters. The minimum absolute atomic E-state index is 0.660. The van der Waals surface area contributed by atoms with Gasteiger partial charge in [-0.2, -0.15) is 5.10 Å². The molecule has 0 aliphatic rings. The number of aromatic nitrogens is 4. The number of nitrogen functional groups attached to an aromatic ring is 1. The van der Waals surface area contributed by atoms with Crippen LogP contribution in [0.25, 0.3) is 33.4 Å². The summed E-state index contributed by atoms with van der Waals surface area (Å²) in [6, 6.07) is 19.9. The van der Waals surface area contributed by atoms with Crippen LogP contribution in [0, 0.1) is 0 Å². The van der Waals surface area contributed by atoms with E-state index in [1.54, 1.807) is 7.11 Å². The average molecular weight is 395 g/mol. The van der Waals surface area contributed by atoms with Gasteiger partial charge in [0.15, 0.2) is 0 Å². The Kier molecular flexibility index (Phi) is 4.44. The number of hydrogen-bond acceptors (Lipinski definition) is 4. The smallest absolute Gasteiger partial charge is 0.137 e. The van der Waals surface area contributed by atoms with Crippen molar-refractivity contribution in [3.63, 3.8) is 0 Å². The van der Waals surface area contributed by atoms with Gasteiger partial charge in [-0.05, 0) is 47.5 Å². The Hall–Kier alpha value is -4.06. The number of methoxy groups -OCH3 is 1. The molecule has 0 aliphatic carbocycles. The molecule has 0 unspecified atom stereocenters. The number of ether oxygens (including phenoxy) is 1. The van der Waals surface area contributed by atoms with Gasteiger partial charge < -0.3 is 15.5 Å². The van der Waals surface area contributed by atoms with Crippen molar-refractivity contribution in [2.24, 2.45) is 0 Å². The Labute approximate surface area is 174 Å². The van der Waals surface area contributed by atoms with E-state index in [-0.39, 0.29) is 0 Å². The quantitative estimate of drug-likeness (QED) is 0.422. The SMILES string of the molecule is COc1ccc(Cn2cc(-c3ccnc4[nH]ccc34)c(-c3ccc(N)cc3)n2)cc1. The summed E-state index contributed by atoms with van der Waals surface area (Å²) < 4.78 is 7.23. The molecule has 6 nitrogen and oxygen atoms in total. The first-order valence-corrected chi connectivity index (χ1v) is 9.70. The van der Waals surface area contributed by atoms with Gasteiger partial charge in [-0.3, -0.25) is 4.68 Å². The Balaban J connectivity index is 1.62. The lowest BCUT2D eigenvalue weighted by Gasteiger charge is -2.04. The van der Waals surface area contributed by atoms with Crippen LogP contribution in [-0.2, 0) is 6.54 Å². The van der Waals surface area contributed by atoms with Crippen molar-refractivity contribution in [2.45, 2.75) is 6.54 Å². The summed E-state index contributed by atoms with van der Waals surface area (Å²) in [6.45, 7) is 0.660. The fraction of sp³-hybridized carbons (Fsp3) is 0.0833. The molecule has 6 heteroatoms. The second-order valence-corrected chi connectivity index (χ2v) is 7.16. The average Bonchev–Trinajstić information content (AvgIpc) is 3.42. The van der Waals surface area contributed by atoms with Crippen LogP contribution in [0.1, 0.15) is 5.56 Å². The highest BCUT2D eigenvalue weighted by Gasteiger charge is 2.16. The van der Waals surface area contributed by atoms with E-state index in [0.717, 1.165) is 50.4 Å². The number of nitrogens with two attached hydrogens (primary N) is 1. The third-order valence-corrected chi connectivity index (χ3v) is 5.20. The summed E-state index contributed by atoms with van der Waals surface area (Å²) in [5, 5.41) is 6.00. The lowest BCUT2D eigenvalue weighted by atomic mass is 10.0. The second-order valence-electron chi connectivity index (χ2n) is 7.16. The molecule has 2 aromatic carbocycles. The fourth-order valence-electron chi connectivity index (χ4n) is 3.67. The maximum atomic E-state index is 5.90. The van der Waals surface area contributed by atoms with Crippen LogP contribution in [0.15, 0.2) is 79.3 Å². The van der Waals surface area contributed by atoms with E-state index < -0.39 is 0 Å². The lowest BCUT2D eigenvalue weighted by molar-refractivity contribution is 0.414. The number of fused-ring (bicyclic) bond motifs is 1. The first-order valence-electron chi connectivity index (χ1n) is 9.70. The van der Waals surface area contributed by atoms with Crippen molar-refractivity contribution in [1.29, 1.82) is 0 Å². The summed E-state index contributed by atoms with van der Waals surface area (Å²) in [7, 11) is 1.67. The van der Waals surface area contributed by atoms with Gasteiger partial charge in [0.2, 0.25) is 0 Å². The molecule has 0 saturated heterocycles. The zero-order valence-electron chi connectivity index (χ0n) is 16.5. The van der Waals surface area contributed by atoms with Crippen LogP contribution in [0.5, 0.6) is 5.75 Å². The van der Waals surface area contributed by atoms with Crippen LogP contribution in [0.2, 0.25) is 0 Å². The number of rotatable bonds is 5. The van der Waals surface area contributed by atoms with Crippen molar-refractivity contribution in [1.82, 2.24) is 19.7 Å². The van der Waals surface area contributed by atoms with Crippen molar-refractivity contribution in [3.8, 4) is 28.1 Å². The van der Waals surface area contributed by atoms with Crippen molar-refractivity contribution in [2.75, 3.05) is 12.8 Å². The molecule has 5 rings (SSSR count). The molecule has 0 aliphatic heterocycles. The van der Waals surface area contributed by atoms with Crippen LogP contribution >= 0.6 is 0 Å². The highest BCUT2D eigenvalue weighted by molar-refractivity contribution is 5.96. The zero-order chi connectivity index (χ0) is 20.5. The number of anilines is 1. The third kappa shape index (κ3) is 3.28. The predicted molar refractivity (Wildman–Crippen MR) is 119 cm³/mol. The maximum absolute atomic E-state index is 5.90. The Bertz CT molecular complexity index is 1300. The van der Waals surface area contributed by atoms with Crippen molar-refractivity contribution >= 4 is 16.7 Å². The number of benzene rings is 2. The molecule has 5 aromatic rings. The van der Waals surface area contributed by atoms with Gasteiger partial charge in [-0.1, -0.05) is 24.3 Å². The summed E-state index contributed by atoms with van der Waals surface area (Å²) in [6.07, 6.45) is 5.82.